The summed E-state index contributed by atoms with van der Waals surface area (Å²) in [5.74, 6) is 0.934. The molecule has 0 saturated carbocycles. The first-order valence-corrected chi connectivity index (χ1v) is 8.03. The number of ether oxygens (including phenoxy) is 1. The van der Waals surface area contributed by atoms with Crippen molar-refractivity contribution < 1.29 is 9.53 Å². The fourth-order valence-electron chi connectivity index (χ4n) is 2.38. The van der Waals surface area contributed by atoms with Crippen LogP contribution in [0.3, 0.4) is 0 Å². The van der Waals surface area contributed by atoms with E-state index in [0.29, 0.717) is 19.4 Å². The number of carbonyl (C=O) groups is 1. The molecule has 3 nitrogen and oxygen atoms in total. The van der Waals surface area contributed by atoms with E-state index in [4.69, 9.17) is 4.74 Å². The summed E-state index contributed by atoms with van der Waals surface area (Å²) in [6.45, 7) is 8.69. The summed E-state index contributed by atoms with van der Waals surface area (Å²) >= 11 is 0. The number of aryl methyl sites for hydroxylation is 3. The summed E-state index contributed by atoms with van der Waals surface area (Å²) in [4.78, 5) is 12.0. The normalized spacial score (nSPS) is 10.4. The van der Waals surface area contributed by atoms with Crippen LogP contribution in [0.15, 0.2) is 36.4 Å². The van der Waals surface area contributed by atoms with Crippen LogP contribution in [0.2, 0.25) is 0 Å². The van der Waals surface area contributed by atoms with Gasteiger partial charge in [-0.05, 0) is 68.5 Å². The molecule has 2 rings (SSSR count). The van der Waals surface area contributed by atoms with Crippen molar-refractivity contribution in [2.24, 2.45) is 0 Å². The molecule has 0 radical (unpaired) electrons. The van der Waals surface area contributed by atoms with Gasteiger partial charge in [0.25, 0.3) is 0 Å². The first-order chi connectivity index (χ1) is 11.0. The van der Waals surface area contributed by atoms with Crippen molar-refractivity contribution in [1.82, 2.24) is 0 Å². The van der Waals surface area contributed by atoms with E-state index in [0.717, 1.165) is 22.6 Å². The molecule has 3 heteroatoms. The topological polar surface area (TPSA) is 38.3 Å². The third-order valence-corrected chi connectivity index (χ3v) is 4.03. The van der Waals surface area contributed by atoms with Crippen molar-refractivity contribution in [3.8, 4) is 5.75 Å². The van der Waals surface area contributed by atoms with Gasteiger partial charge in [-0.2, -0.15) is 0 Å². The zero-order valence-corrected chi connectivity index (χ0v) is 14.4. The molecule has 0 aliphatic heterocycles. The van der Waals surface area contributed by atoms with Crippen molar-refractivity contribution in [2.45, 2.75) is 40.5 Å². The first kappa shape index (κ1) is 17.1. The Morgan fingerprint density at radius 1 is 1.04 bits per heavy atom. The van der Waals surface area contributed by atoms with Gasteiger partial charge in [0, 0.05) is 12.1 Å². The lowest BCUT2D eigenvalue weighted by Crippen LogP contribution is -2.14. The molecule has 0 bridgehead atoms. The maximum Gasteiger partial charge on any atom is 0.224 e. The van der Waals surface area contributed by atoms with E-state index in [1.54, 1.807) is 0 Å². The van der Waals surface area contributed by atoms with E-state index in [1.165, 1.54) is 11.1 Å². The Morgan fingerprint density at radius 2 is 1.83 bits per heavy atom. The van der Waals surface area contributed by atoms with E-state index in [9.17, 15) is 4.79 Å². The van der Waals surface area contributed by atoms with E-state index in [2.05, 4.69) is 17.4 Å². The quantitative estimate of drug-likeness (QED) is 0.784. The fourth-order valence-corrected chi connectivity index (χ4v) is 2.38. The molecule has 23 heavy (non-hydrogen) atoms. The standard InChI is InChI=1S/C20H25NO2/c1-14-10-11-16(3)19(13-14)23-12-6-9-20(22)21-18-8-5-7-15(2)17(18)4/h5,7-8,10-11,13H,6,9,12H2,1-4H3,(H,21,22). The zero-order chi connectivity index (χ0) is 16.8. The number of hydrogen-bond donors (Lipinski definition) is 1. The van der Waals surface area contributed by atoms with Gasteiger partial charge in [0.2, 0.25) is 5.91 Å². The Morgan fingerprint density at radius 3 is 2.61 bits per heavy atom. The summed E-state index contributed by atoms with van der Waals surface area (Å²) in [5.41, 5.74) is 5.49. The molecule has 0 saturated heterocycles. The number of hydrogen-bond acceptors (Lipinski definition) is 2. The smallest absolute Gasteiger partial charge is 0.224 e. The third-order valence-electron chi connectivity index (χ3n) is 4.03. The molecule has 0 spiro atoms. The number of amides is 1. The Hall–Kier alpha value is -2.29. The van der Waals surface area contributed by atoms with Crippen molar-refractivity contribution in [3.63, 3.8) is 0 Å². The molecule has 0 aromatic heterocycles. The van der Waals surface area contributed by atoms with Crippen molar-refractivity contribution >= 4 is 11.6 Å². The van der Waals surface area contributed by atoms with E-state index in [-0.39, 0.29) is 5.91 Å². The Kier molecular flexibility index (Phi) is 5.80. The van der Waals surface area contributed by atoms with Gasteiger partial charge in [0.15, 0.2) is 0 Å². The third kappa shape index (κ3) is 4.85. The number of rotatable bonds is 6. The number of nitrogens with one attached hydrogen (secondary N) is 1. The van der Waals surface area contributed by atoms with Crippen LogP contribution in [0.25, 0.3) is 0 Å². The van der Waals surface area contributed by atoms with Crippen molar-refractivity contribution in [3.05, 3.63) is 58.7 Å². The minimum absolute atomic E-state index is 0.0308. The van der Waals surface area contributed by atoms with Gasteiger partial charge in [-0.25, -0.2) is 0 Å². The fraction of sp³-hybridized carbons (Fsp3) is 0.350. The van der Waals surface area contributed by atoms with Gasteiger partial charge >= 0.3 is 0 Å². The molecule has 0 aliphatic carbocycles. The van der Waals surface area contributed by atoms with E-state index >= 15 is 0 Å². The van der Waals surface area contributed by atoms with Crippen molar-refractivity contribution in [1.29, 1.82) is 0 Å². The molecule has 0 heterocycles. The minimum Gasteiger partial charge on any atom is -0.493 e. The Bertz CT molecular complexity index is 692. The second-order valence-electron chi connectivity index (χ2n) is 6.02. The number of benzene rings is 2. The van der Waals surface area contributed by atoms with Gasteiger partial charge in [-0.1, -0.05) is 24.3 Å². The molecule has 1 N–H and O–H groups in total. The predicted octanol–water partition coefficient (Wildman–Crippen LogP) is 4.72. The van der Waals surface area contributed by atoms with Gasteiger partial charge in [0.1, 0.15) is 5.75 Å². The summed E-state index contributed by atoms with van der Waals surface area (Å²) in [7, 11) is 0. The van der Waals surface area contributed by atoms with Crippen molar-refractivity contribution in [2.75, 3.05) is 11.9 Å². The van der Waals surface area contributed by atoms with Crippen LogP contribution in [0, 0.1) is 27.7 Å². The number of carbonyl (C=O) groups excluding carboxylic acids is 1. The van der Waals surface area contributed by atoms with Crippen LogP contribution in [-0.4, -0.2) is 12.5 Å². The van der Waals surface area contributed by atoms with E-state index in [1.807, 2.05) is 52.0 Å². The molecular formula is C20H25NO2. The molecule has 122 valence electrons. The average molecular weight is 311 g/mol. The lowest BCUT2D eigenvalue weighted by atomic mass is 10.1. The summed E-state index contributed by atoms with van der Waals surface area (Å²) < 4.78 is 5.78. The highest BCUT2D eigenvalue weighted by Gasteiger charge is 2.06. The summed E-state index contributed by atoms with van der Waals surface area (Å²) in [6.07, 6.45) is 1.16. The zero-order valence-electron chi connectivity index (χ0n) is 14.4. The second kappa shape index (κ2) is 7.82. The first-order valence-electron chi connectivity index (χ1n) is 8.03. The Labute approximate surface area is 138 Å². The van der Waals surface area contributed by atoms with E-state index < -0.39 is 0 Å². The molecule has 1 amide bonds. The number of anilines is 1. The molecule has 0 unspecified atom stereocenters. The summed E-state index contributed by atoms with van der Waals surface area (Å²) in [5, 5.41) is 2.98. The SMILES string of the molecule is Cc1ccc(C)c(OCCCC(=O)Nc2cccc(C)c2C)c1. The highest BCUT2D eigenvalue weighted by atomic mass is 16.5. The maximum absolute atomic E-state index is 12.0. The highest BCUT2D eigenvalue weighted by molar-refractivity contribution is 5.91. The minimum atomic E-state index is 0.0308. The average Bonchev–Trinajstić information content (AvgIpc) is 2.51. The monoisotopic (exact) mass is 311 g/mol. The van der Waals surface area contributed by atoms with Gasteiger partial charge < -0.3 is 10.1 Å². The van der Waals surface area contributed by atoms with Crippen LogP contribution >= 0.6 is 0 Å². The largest absolute Gasteiger partial charge is 0.493 e. The molecule has 2 aromatic rings. The lowest BCUT2D eigenvalue weighted by molar-refractivity contribution is -0.116. The lowest BCUT2D eigenvalue weighted by Gasteiger charge is -2.11. The molecule has 0 atom stereocenters. The maximum atomic E-state index is 12.0. The Balaban J connectivity index is 1.79. The van der Waals surface area contributed by atoms with Crippen LogP contribution in [0.1, 0.15) is 35.1 Å². The predicted molar refractivity (Wildman–Crippen MR) is 95.2 cm³/mol. The van der Waals surface area contributed by atoms with Crippen LogP contribution in [0.5, 0.6) is 5.75 Å². The molecule has 0 fully saturated rings. The molecular weight excluding hydrogens is 286 g/mol. The van der Waals surface area contributed by atoms with Gasteiger partial charge in [-0.3, -0.25) is 4.79 Å². The van der Waals surface area contributed by atoms with Crippen LogP contribution in [0.4, 0.5) is 5.69 Å². The van der Waals surface area contributed by atoms with Gasteiger partial charge in [0.05, 0.1) is 6.61 Å². The highest BCUT2D eigenvalue weighted by Crippen LogP contribution is 2.20. The molecule has 2 aromatic carbocycles. The summed E-state index contributed by atoms with van der Waals surface area (Å²) in [6, 6.07) is 12.1. The molecule has 0 aliphatic rings. The van der Waals surface area contributed by atoms with Crippen LogP contribution < -0.4 is 10.1 Å². The second-order valence-corrected chi connectivity index (χ2v) is 6.02. The van der Waals surface area contributed by atoms with Crippen LogP contribution in [-0.2, 0) is 4.79 Å². The van der Waals surface area contributed by atoms with Gasteiger partial charge in [-0.15, -0.1) is 0 Å².